The van der Waals surface area contributed by atoms with Gasteiger partial charge < -0.3 is 19.7 Å². The van der Waals surface area contributed by atoms with Gasteiger partial charge in [0.25, 0.3) is 0 Å². The van der Waals surface area contributed by atoms with E-state index >= 15 is 0 Å². The quantitative estimate of drug-likeness (QED) is 0.342. The summed E-state index contributed by atoms with van der Waals surface area (Å²) in [6.07, 6.45) is 9.94. The largest absolute Gasteiger partial charge is 0.497 e. The zero-order valence-electron chi connectivity index (χ0n) is 17.0. The highest BCUT2D eigenvalue weighted by Crippen LogP contribution is 2.29. The van der Waals surface area contributed by atoms with Crippen molar-refractivity contribution in [1.82, 2.24) is 4.90 Å². The minimum absolute atomic E-state index is 0.768. The van der Waals surface area contributed by atoms with E-state index in [0.717, 1.165) is 35.4 Å². The minimum atomic E-state index is 0.768. The third-order valence-electron chi connectivity index (χ3n) is 4.50. The van der Waals surface area contributed by atoms with Gasteiger partial charge in [0.05, 0.1) is 19.9 Å². The van der Waals surface area contributed by atoms with Crippen LogP contribution in [0.25, 0.3) is 0 Å². The Morgan fingerprint density at radius 3 is 2.04 bits per heavy atom. The lowest BCUT2D eigenvalue weighted by atomic mass is 10.2. The van der Waals surface area contributed by atoms with E-state index in [2.05, 4.69) is 24.1 Å². The molecule has 0 spiro atoms. The first kappa shape index (κ1) is 22.6. The van der Waals surface area contributed by atoms with Gasteiger partial charge in [-0.05, 0) is 37.2 Å². The summed E-state index contributed by atoms with van der Waals surface area (Å²) in [4.78, 5) is 2.31. The number of nitrogens with zero attached hydrogens (tertiary/aromatic N) is 1. The van der Waals surface area contributed by atoms with Crippen LogP contribution in [0.3, 0.4) is 0 Å². The van der Waals surface area contributed by atoms with Crippen molar-refractivity contribution in [2.24, 2.45) is 0 Å². The average molecular weight is 381 g/mol. The third-order valence-corrected chi connectivity index (χ3v) is 4.86. The maximum atomic E-state index is 5.72. The van der Waals surface area contributed by atoms with Crippen LogP contribution in [0, 0.1) is 0 Å². The van der Waals surface area contributed by atoms with Crippen LogP contribution >= 0.6 is 12.2 Å². The van der Waals surface area contributed by atoms with Crippen LogP contribution in [0.4, 0.5) is 5.69 Å². The number of hydrogen-bond acceptors (Lipinski definition) is 3. The van der Waals surface area contributed by atoms with E-state index < -0.39 is 0 Å². The number of nitrogens with one attached hydrogen (secondary N) is 1. The Bertz CT molecular complexity index is 511. The predicted octanol–water partition coefficient (Wildman–Crippen LogP) is 5.86. The Morgan fingerprint density at radius 1 is 0.923 bits per heavy atom. The van der Waals surface area contributed by atoms with Crippen LogP contribution < -0.4 is 14.8 Å². The molecule has 0 radical (unpaired) electrons. The topological polar surface area (TPSA) is 33.7 Å². The van der Waals surface area contributed by atoms with E-state index in [4.69, 9.17) is 21.7 Å². The highest BCUT2D eigenvalue weighted by atomic mass is 32.1. The normalized spacial score (nSPS) is 10.5. The van der Waals surface area contributed by atoms with Crippen molar-refractivity contribution in [1.29, 1.82) is 0 Å². The molecule has 1 N–H and O–H groups in total. The van der Waals surface area contributed by atoms with E-state index in [1.165, 1.54) is 51.4 Å². The molecule has 0 bridgehead atoms. The number of benzene rings is 1. The van der Waals surface area contributed by atoms with Crippen LogP contribution in [-0.4, -0.2) is 37.3 Å². The molecule has 0 aromatic heterocycles. The second-order valence-electron chi connectivity index (χ2n) is 6.60. The first-order valence-corrected chi connectivity index (χ1v) is 10.3. The lowest BCUT2D eigenvalue weighted by Gasteiger charge is -2.26. The SMILES string of the molecule is CCCCCCN(CCCCCC)C(=S)Nc1cc(OC)ccc1OC. The van der Waals surface area contributed by atoms with Gasteiger partial charge in [0.1, 0.15) is 11.5 Å². The third kappa shape index (κ3) is 8.26. The Hall–Kier alpha value is -1.49. The molecule has 148 valence electrons. The van der Waals surface area contributed by atoms with Crippen LogP contribution in [-0.2, 0) is 0 Å². The van der Waals surface area contributed by atoms with Gasteiger partial charge in [-0.3, -0.25) is 0 Å². The summed E-state index contributed by atoms with van der Waals surface area (Å²) in [5, 5.41) is 4.14. The van der Waals surface area contributed by atoms with E-state index in [-0.39, 0.29) is 0 Å². The number of ether oxygens (including phenoxy) is 2. The molecule has 1 aromatic rings. The van der Waals surface area contributed by atoms with Crippen molar-refractivity contribution < 1.29 is 9.47 Å². The fourth-order valence-electron chi connectivity index (χ4n) is 2.88. The fraction of sp³-hybridized carbons (Fsp3) is 0.667. The molecule has 26 heavy (non-hydrogen) atoms. The van der Waals surface area contributed by atoms with Crippen LogP contribution in [0.5, 0.6) is 11.5 Å². The first-order chi connectivity index (χ1) is 12.7. The summed E-state index contributed by atoms with van der Waals surface area (Å²) in [7, 11) is 3.33. The summed E-state index contributed by atoms with van der Waals surface area (Å²) in [6, 6.07) is 5.72. The molecule has 0 atom stereocenters. The van der Waals surface area contributed by atoms with Gasteiger partial charge in [0, 0.05) is 19.2 Å². The summed E-state index contributed by atoms with van der Waals surface area (Å²) in [5.74, 6) is 1.55. The van der Waals surface area contributed by atoms with Gasteiger partial charge in [-0.25, -0.2) is 0 Å². The number of anilines is 1. The Kier molecular flexibility index (Phi) is 11.9. The number of methoxy groups -OCH3 is 2. The van der Waals surface area contributed by atoms with Crippen LogP contribution in [0.1, 0.15) is 65.2 Å². The molecule has 1 rings (SSSR count). The highest BCUT2D eigenvalue weighted by Gasteiger charge is 2.13. The predicted molar refractivity (Wildman–Crippen MR) is 116 cm³/mol. The molecule has 0 aliphatic carbocycles. The second-order valence-corrected chi connectivity index (χ2v) is 6.99. The zero-order chi connectivity index (χ0) is 19.2. The van der Waals surface area contributed by atoms with Crippen LogP contribution in [0.15, 0.2) is 18.2 Å². The van der Waals surface area contributed by atoms with Crippen molar-refractivity contribution in [2.75, 3.05) is 32.6 Å². The molecular formula is C21H36N2O2S. The van der Waals surface area contributed by atoms with Gasteiger partial charge >= 0.3 is 0 Å². The van der Waals surface area contributed by atoms with Gasteiger partial charge in [0.2, 0.25) is 0 Å². The lowest BCUT2D eigenvalue weighted by molar-refractivity contribution is 0.390. The van der Waals surface area contributed by atoms with Crippen molar-refractivity contribution in [2.45, 2.75) is 65.2 Å². The molecule has 0 aliphatic heterocycles. The number of thiocarbonyl (C=S) groups is 1. The molecule has 0 aliphatic rings. The standard InChI is InChI=1S/C21H36N2O2S/c1-5-7-9-11-15-23(16-12-10-8-6-2)21(26)22-19-17-18(24-3)13-14-20(19)25-4/h13-14,17H,5-12,15-16H2,1-4H3,(H,22,26). The van der Waals surface area contributed by atoms with Gasteiger partial charge in [0.15, 0.2) is 5.11 Å². The van der Waals surface area contributed by atoms with Crippen molar-refractivity contribution in [3.8, 4) is 11.5 Å². The zero-order valence-corrected chi connectivity index (χ0v) is 17.8. The second kappa shape index (κ2) is 13.7. The molecule has 0 amide bonds. The molecular weight excluding hydrogens is 344 g/mol. The smallest absolute Gasteiger partial charge is 0.173 e. The minimum Gasteiger partial charge on any atom is -0.497 e. The van der Waals surface area contributed by atoms with Crippen LogP contribution in [0.2, 0.25) is 0 Å². The lowest BCUT2D eigenvalue weighted by Crippen LogP contribution is -2.36. The van der Waals surface area contributed by atoms with Crippen molar-refractivity contribution >= 4 is 23.0 Å². The van der Waals surface area contributed by atoms with Gasteiger partial charge in [-0.1, -0.05) is 52.4 Å². The highest BCUT2D eigenvalue weighted by molar-refractivity contribution is 7.80. The van der Waals surface area contributed by atoms with E-state index in [0.29, 0.717) is 0 Å². The fourth-order valence-corrected chi connectivity index (χ4v) is 3.17. The van der Waals surface area contributed by atoms with E-state index in [1.54, 1.807) is 14.2 Å². The van der Waals surface area contributed by atoms with Gasteiger partial charge in [-0.2, -0.15) is 0 Å². The average Bonchev–Trinajstić information content (AvgIpc) is 2.66. The van der Waals surface area contributed by atoms with E-state index in [1.807, 2.05) is 18.2 Å². The first-order valence-electron chi connectivity index (χ1n) is 9.94. The van der Waals surface area contributed by atoms with E-state index in [9.17, 15) is 0 Å². The Labute approximate surface area is 165 Å². The molecule has 0 fully saturated rings. The summed E-state index contributed by atoms with van der Waals surface area (Å²) in [5.41, 5.74) is 0.851. The van der Waals surface area contributed by atoms with Crippen molar-refractivity contribution in [3.05, 3.63) is 18.2 Å². The molecule has 0 saturated heterocycles. The molecule has 4 nitrogen and oxygen atoms in total. The monoisotopic (exact) mass is 380 g/mol. The van der Waals surface area contributed by atoms with Gasteiger partial charge in [-0.15, -0.1) is 0 Å². The van der Waals surface area contributed by atoms with Crippen molar-refractivity contribution in [3.63, 3.8) is 0 Å². The Balaban J connectivity index is 2.72. The number of hydrogen-bond donors (Lipinski definition) is 1. The maximum absolute atomic E-state index is 5.72. The molecule has 0 unspecified atom stereocenters. The Morgan fingerprint density at radius 2 is 1.54 bits per heavy atom. The summed E-state index contributed by atoms with van der Waals surface area (Å²) < 4.78 is 10.8. The molecule has 0 heterocycles. The molecule has 5 heteroatoms. The maximum Gasteiger partial charge on any atom is 0.173 e. The number of rotatable bonds is 13. The molecule has 0 saturated carbocycles. The summed E-state index contributed by atoms with van der Waals surface area (Å²) in [6.45, 7) is 6.49. The number of unbranched alkanes of at least 4 members (excludes halogenated alkanes) is 6. The molecule has 1 aromatic carbocycles. The summed E-state index contributed by atoms with van der Waals surface area (Å²) >= 11 is 5.72.